The van der Waals surface area contributed by atoms with Crippen molar-refractivity contribution < 1.29 is 0 Å². The molecule has 4 heteroatoms. The average Bonchev–Trinajstić information content (AvgIpc) is 3.02. The number of fused-ring (bicyclic) bond motifs is 1. The number of thiophene rings is 1. The topological polar surface area (TPSA) is 38.9 Å². The van der Waals surface area contributed by atoms with Crippen molar-refractivity contribution in [2.45, 2.75) is 38.6 Å². The molecule has 0 aromatic carbocycles. The summed E-state index contributed by atoms with van der Waals surface area (Å²) in [5.41, 5.74) is 7.60. The van der Waals surface area contributed by atoms with Crippen molar-refractivity contribution in [2.75, 3.05) is 0 Å². The van der Waals surface area contributed by atoms with Gasteiger partial charge in [0.15, 0.2) is 0 Å². The van der Waals surface area contributed by atoms with Crippen molar-refractivity contribution in [3.05, 3.63) is 37.5 Å². The normalized spacial score (nSPS) is 16.1. The minimum absolute atomic E-state index is 0.0177. The fourth-order valence-corrected chi connectivity index (χ4v) is 4.42. The van der Waals surface area contributed by atoms with Gasteiger partial charge in [0, 0.05) is 14.6 Å². The van der Waals surface area contributed by atoms with Crippen molar-refractivity contribution in [1.29, 1.82) is 0 Å². The van der Waals surface area contributed by atoms with Gasteiger partial charge in [-0.3, -0.25) is 0 Å². The van der Waals surface area contributed by atoms with E-state index >= 15 is 0 Å². The molecule has 0 aliphatic heterocycles. The van der Waals surface area contributed by atoms with Gasteiger partial charge in [-0.15, -0.1) is 22.7 Å². The summed E-state index contributed by atoms with van der Waals surface area (Å²) in [6, 6.07) is 4.32. The van der Waals surface area contributed by atoms with Gasteiger partial charge in [-0.1, -0.05) is 6.92 Å². The summed E-state index contributed by atoms with van der Waals surface area (Å²) in [4.78, 5) is 8.81. The second-order valence-corrected chi connectivity index (χ2v) is 6.73. The van der Waals surface area contributed by atoms with Crippen LogP contribution in [0.3, 0.4) is 0 Å². The number of hydrogen-bond acceptors (Lipinski definition) is 4. The van der Waals surface area contributed by atoms with E-state index in [1.54, 1.807) is 0 Å². The SMILES string of the molecule is CCc1ccc(C(N)c2nc3c(s2)CCC3)s1. The number of aromatic nitrogens is 1. The Bertz CT molecular complexity index is 506. The van der Waals surface area contributed by atoms with Gasteiger partial charge in [-0.05, 0) is 37.8 Å². The summed E-state index contributed by atoms with van der Waals surface area (Å²) in [5, 5.41) is 1.10. The highest BCUT2D eigenvalue weighted by Gasteiger charge is 2.21. The molecule has 90 valence electrons. The number of hydrogen-bond donors (Lipinski definition) is 1. The summed E-state index contributed by atoms with van der Waals surface area (Å²) < 4.78 is 0. The molecule has 2 N–H and O–H groups in total. The standard InChI is InChI=1S/C13H16N2S2/c1-2-8-6-7-11(16-8)12(14)13-15-9-4-3-5-10(9)17-13/h6-7,12H,2-5,14H2,1H3. The van der Waals surface area contributed by atoms with Crippen LogP contribution in [-0.4, -0.2) is 4.98 Å². The third-order valence-electron chi connectivity index (χ3n) is 3.22. The predicted octanol–water partition coefficient (Wildman–Crippen LogP) is 3.30. The van der Waals surface area contributed by atoms with Gasteiger partial charge in [0.05, 0.1) is 11.7 Å². The van der Waals surface area contributed by atoms with Crippen molar-refractivity contribution in [1.82, 2.24) is 4.98 Å². The number of nitrogens with zero attached hydrogens (tertiary/aromatic N) is 1. The molecule has 1 unspecified atom stereocenters. The smallest absolute Gasteiger partial charge is 0.115 e. The zero-order valence-electron chi connectivity index (χ0n) is 9.90. The lowest BCUT2D eigenvalue weighted by Gasteiger charge is -2.05. The van der Waals surface area contributed by atoms with Crippen LogP contribution in [0.25, 0.3) is 0 Å². The molecule has 2 heterocycles. The van der Waals surface area contributed by atoms with Crippen LogP contribution in [-0.2, 0) is 19.3 Å². The molecular weight excluding hydrogens is 248 g/mol. The van der Waals surface area contributed by atoms with E-state index in [0.717, 1.165) is 17.8 Å². The molecule has 0 saturated heterocycles. The van der Waals surface area contributed by atoms with Crippen LogP contribution in [0.1, 0.15) is 44.7 Å². The highest BCUT2D eigenvalue weighted by molar-refractivity contribution is 7.13. The second kappa shape index (κ2) is 4.52. The maximum absolute atomic E-state index is 6.30. The van der Waals surface area contributed by atoms with Gasteiger partial charge in [0.1, 0.15) is 5.01 Å². The molecule has 17 heavy (non-hydrogen) atoms. The largest absolute Gasteiger partial charge is 0.318 e. The molecule has 0 fully saturated rings. The third-order valence-corrected chi connectivity index (χ3v) is 5.77. The first-order valence-electron chi connectivity index (χ1n) is 6.10. The van der Waals surface area contributed by atoms with Crippen molar-refractivity contribution in [3.8, 4) is 0 Å². The fourth-order valence-electron chi connectivity index (χ4n) is 2.22. The molecule has 2 nitrogen and oxygen atoms in total. The summed E-state index contributed by atoms with van der Waals surface area (Å²) in [5.74, 6) is 0. The maximum atomic E-state index is 6.30. The Labute approximate surface area is 110 Å². The van der Waals surface area contributed by atoms with Crippen molar-refractivity contribution in [3.63, 3.8) is 0 Å². The first-order chi connectivity index (χ1) is 8.28. The molecule has 3 rings (SSSR count). The summed E-state index contributed by atoms with van der Waals surface area (Å²) >= 11 is 3.63. The molecule has 0 spiro atoms. The van der Waals surface area contributed by atoms with Crippen LogP contribution in [0.4, 0.5) is 0 Å². The number of nitrogens with two attached hydrogens (primary N) is 1. The Hall–Kier alpha value is -0.710. The predicted molar refractivity (Wildman–Crippen MR) is 73.9 cm³/mol. The molecule has 1 aliphatic rings. The minimum atomic E-state index is -0.0177. The number of aryl methyl sites for hydroxylation is 3. The highest BCUT2D eigenvalue weighted by atomic mass is 32.1. The summed E-state index contributed by atoms with van der Waals surface area (Å²) in [6.07, 6.45) is 4.70. The van der Waals surface area contributed by atoms with E-state index in [-0.39, 0.29) is 6.04 Å². The monoisotopic (exact) mass is 264 g/mol. The van der Waals surface area contributed by atoms with Gasteiger partial charge in [0.2, 0.25) is 0 Å². The van der Waals surface area contributed by atoms with Crippen LogP contribution < -0.4 is 5.73 Å². The van der Waals surface area contributed by atoms with Crippen LogP contribution in [0.15, 0.2) is 12.1 Å². The molecule has 2 aromatic heterocycles. The van der Waals surface area contributed by atoms with E-state index in [9.17, 15) is 0 Å². The maximum Gasteiger partial charge on any atom is 0.115 e. The molecule has 0 radical (unpaired) electrons. The first-order valence-corrected chi connectivity index (χ1v) is 7.74. The van der Waals surface area contributed by atoms with E-state index in [2.05, 4.69) is 19.1 Å². The van der Waals surface area contributed by atoms with E-state index in [4.69, 9.17) is 10.7 Å². The van der Waals surface area contributed by atoms with Crippen LogP contribution in [0.2, 0.25) is 0 Å². The van der Waals surface area contributed by atoms with Crippen molar-refractivity contribution >= 4 is 22.7 Å². The quantitative estimate of drug-likeness (QED) is 0.923. The van der Waals surface area contributed by atoms with Crippen LogP contribution in [0, 0.1) is 0 Å². The molecular formula is C13H16N2S2. The lowest BCUT2D eigenvalue weighted by Crippen LogP contribution is -2.09. The average molecular weight is 264 g/mol. The Morgan fingerprint density at radius 3 is 2.94 bits per heavy atom. The van der Waals surface area contributed by atoms with E-state index in [1.807, 2.05) is 22.7 Å². The Balaban J connectivity index is 1.87. The molecule has 1 atom stereocenters. The molecule has 0 saturated carbocycles. The summed E-state index contributed by atoms with van der Waals surface area (Å²) in [6.45, 7) is 2.18. The lowest BCUT2D eigenvalue weighted by atomic mass is 10.2. The van der Waals surface area contributed by atoms with Gasteiger partial charge >= 0.3 is 0 Å². The van der Waals surface area contributed by atoms with Gasteiger partial charge in [-0.2, -0.15) is 0 Å². The van der Waals surface area contributed by atoms with Crippen LogP contribution in [0.5, 0.6) is 0 Å². The molecule has 1 aliphatic carbocycles. The third kappa shape index (κ3) is 2.05. The fraction of sp³-hybridized carbons (Fsp3) is 0.462. The van der Waals surface area contributed by atoms with Crippen molar-refractivity contribution in [2.24, 2.45) is 5.73 Å². The van der Waals surface area contributed by atoms with E-state index < -0.39 is 0 Å². The van der Waals surface area contributed by atoms with Crippen LogP contribution >= 0.6 is 22.7 Å². The van der Waals surface area contributed by atoms with Gasteiger partial charge in [0.25, 0.3) is 0 Å². The highest BCUT2D eigenvalue weighted by Crippen LogP contribution is 2.34. The first kappa shape index (κ1) is 11.4. The van der Waals surface area contributed by atoms with Gasteiger partial charge in [-0.25, -0.2) is 4.98 Å². The second-order valence-electron chi connectivity index (χ2n) is 4.41. The molecule has 2 aromatic rings. The number of thiazole rings is 1. The number of rotatable bonds is 3. The zero-order chi connectivity index (χ0) is 11.8. The lowest BCUT2D eigenvalue weighted by molar-refractivity contribution is 0.847. The molecule has 0 amide bonds. The minimum Gasteiger partial charge on any atom is -0.318 e. The summed E-state index contributed by atoms with van der Waals surface area (Å²) in [7, 11) is 0. The Kier molecular flexibility index (Phi) is 3.03. The van der Waals surface area contributed by atoms with E-state index in [1.165, 1.54) is 33.2 Å². The Morgan fingerprint density at radius 1 is 1.35 bits per heavy atom. The van der Waals surface area contributed by atoms with E-state index in [0.29, 0.717) is 0 Å². The molecule has 0 bridgehead atoms. The zero-order valence-corrected chi connectivity index (χ0v) is 11.5. The Morgan fingerprint density at radius 2 is 2.24 bits per heavy atom. The van der Waals surface area contributed by atoms with Gasteiger partial charge < -0.3 is 5.73 Å².